The Morgan fingerprint density at radius 1 is 1.40 bits per heavy atom. The highest BCUT2D eigenvalue weighted by Gasteiger charge is 2.20. The predicted octanol–water partition coefficient (Wildman–Crippen LogP) is 3.48. The van der Waals surface area contributed by atoms with E-state index in [2.05, 4.69) is 5.32 Å². The van der Waals surface area contributed by atoms with E-state index in [0.717, 1.165) is 9.77 Å². The van der Waals surface area contributed by atoms with Gasteiger partial charge in [-0.1, -0.05) is 17.7 Å². The van der Waals surface area contributed by atoms with Crippen LogP contribution in [0.15, 0.2) is 28.5 Å². The minimum atomic E-state index is -0.284. The molecule has 0 radical (unpaired) electrons. The molecule has 0 aliphatic heterocycles. The van der Waals surface area contributed by atoms with Crippen LogP contribution in [-0.4, -0.2) is 12.2 Å². The number of carbonyl (C=O) groups is 1. The Balaban J connectivity index is 2.28. The maximum absolute atomic E-state index is 12.2. The molecule has 0 saturated heterocycles. The Bertz CT molecular complexity index is 684. The number of nitrogens with zero attached hydrogens (tertiary/aromatic N) is 1. The second-order valence-electron chi connectivity index (χ2n) is 4.14. The van der Waals surface area contributed by atoms with E-state index in [-0.39, 0.29) is 11.6 Å². The molecule has 0 spiro atoms. The average Bonchev–Trinajstić information content (AvgIpc) is 2.77. The van der Waals surface area contributed by atoms with Gasteiger partial charge in [-0.2, -0.15) is 5.26 Å². The fraction of sp³-hybridized carbons (Fsp3) is 0.143. The molecule has 1 amide bonds. The van der Waals surface area contributed by atoms with Gasteiger partial charge >= 0.3 is 0 Å². The number of nitrogens with two attached hydrogens (primary N) is 1. The number of rotatable bonds is 3. The monoisotopic (exact) mass is 303 g/mol. The molecule has 3 N–H and O–H groups in total. The van der Waals surface area contributed by atoms with Gasteiger partial charge in [0.05, 0.1) is 9.90 Å². The van der Waals surface area contributed by atoms with Gasteiger partial charge in [0.1, 0.15) is 16.5 Å². The minimum absolute atomic E-state index is 0.256. The summed E-state index contributed by atoms with van der Waals surface area (Å²) >= 11 is 2.66. The first-order valence-corrected chi connectivity index (χ1v) is 7.85. The first kappa shape index (κ1) is 14.4. The van der Waals surface area contributed by atoms with Gasteiger partial charge < -0.3 is 11.1 Å². The van der Waals surface area contributed by atoms with E-state index in [0.29, 0.717) is 16.1 Å². The lowest BCUT2D eigenvalue weighted by Gasteiger charge is -2.04. The van der Waals surface area contributed by atoms with Crippen LogP contribution in [0, 0.1) is 18.3 Å². The number of anilines is 2. The topological polar surface area (TPSA) is 78.9 Å². The Labute approximate surface area is 125 Å². The molecule has 2 rings (SSSR count). The second-order valence-corrected chi connectivity index (χ2v) is 6.24. The van der Waals surface area contributed by atoms with E-state index >= 15 is 0 Å². The average molecular weight is 303 g/mol. The molecule has 0 unspecified atom stereocenters. The van der Waals surface area contributed by atoms with Crippen molar-refractivity contribution in [2.24, 2.45) is 0 Å². The maximum atomic E-state index is 12.2. The lowest BCUT2D eigenvalue weighted by Crippen LogP contribution is -2.12. The van der Waals surface area contributed by atoms with Gasteiger partial charge in [-0.3, -0.25) is 4.79 Å². The third kappa shape index (κ3) is 2.79. The van der Waals surface area contributed by atoms with Crippen molar-refractivity contribution in [3.63, 3.8) is 0 Å². The molecule has 1 aromatic heterocycles. The fourth-order valence-corrected chi connectivity index (χ4v) is 3.41. The highest BCUT2D eigenvalue weighted by Crippen LogP contribution is 2.36. The zero-order valence-electron chi connectivity index (χ0n) is 11.1. The fourth-order valence-electron chi connectivity index (χ4n) is 1.67. The number of nitriles is 1. The van der Waals surface area contributed by atoms with Gasteiger partial charge in [-0.25, -0.2) is 0 Å². The summed E-state index contributed by atoms with van der Waals surface area (Å²) in [7, 11) is 0. The van der Waals surface area contributed by atoms with Crippen LogP contribution in [0.1, 0.15) is 20.8 Å². The Morgan fingerprint density at radius 2 is 2.05 bits per heavy atom. The van der Waals surface area contributed by atoms with Gasteiger partial charge in [0, 0.05) is 5.69 Å². The number of thiophene rings is 1. The van der Waals surface area contributed by atoms with Gasteiger partial charge in [-0.05, 0) is 25.3 Å². The van der Waals surface area contributed by atoms with Crippen molar-refractivity contribution in [3.05, 3.63) is 40.3 Å². The number of carbonyl (C=O) groups excluding carboxylic acids is 1. The standard InChI is InChI=1S/C14H13N3OS2/c1-8-3-5-9(6-4-8)17-13(18)12-11(16)10(7-15)14(19-2)20-12/h3-6H,16H2,1-2H3,(H,17,18). The van der Waals surface area contributed by atoms with Crippen molar-refractivity contribution >= 4 is 40.4 Å². The molecule has 20 heavy (non-hydrogen) atoms. The van der Waals surface area contributed by atoms with Gasteiger partial charge in [0.2, 0.25) is 0 Å². The zero-order valence-corrected chi connectivity index (χ0v) is 12.7. The van der Waals surface area contributed by atoms with E-state index in [1.165, 1.54) is 23.1 Å². The van der Waals surface area contributed by atoms with E-state index in [1.54, 1.807) is 0 Å². The molecule has 0 fully saturated rings. The number of nitrogens with one attached hydrogen (secondary N) is 1. The van der Waals surface area contributed by atoms with Gasteiger partial charge in [0.15, 0.2) is 0 Å². The smallest absolute Gasteiger partial charge is 0.267 e. The molecule has 0 bridgehead atoms. The van der Waals surface area contributed by atoms with E-state index in [9.17, 15) is 4.79 Å². The summed E-state index contributed by atoms with van der Waals surface area (Å²) in [6.07, 6.45) is 1.85. The van der Waals surface area contributed by atoms with E-state index in [1.807, 2.05) is 43.5 Å². The molecule has 102 valence electrons. The SMILES string of the molecule is CSc1sc(C(=O)Nc2ccc(C)cc2)c(N)c1C#N. The maximum Gasteiger partial charge on any atom is 0.267 e. The molecule has 2 aromatic rings. The van der Waals surface area contributed by atoms with Gasteiger partial charge in [0.25, 0.3) is 5.91 Å². The molecule has 1 aromatic carbocycles. The quantitative estimate of drug-likeness (QED) is 0.851. The van der Waals surface area contributed by atoms with Crippen molar-refractivity contribution in [1.29, 1.82) is 5.26 Å². The van der Waals surface area contributed by atoms with Gasteiger partial charge in [-0.15, -0.1) is 23.1 Å². The lowest BCUT2D eigenvalue weighted by molar-refractivity contribution is 0.103. The molecule has 6 heteroatoms. The summed E-state index contributed by atoms with van der Waals surface area (Å²) in [5.74, 6) is -0.284. The zero-order chi connectivity index (χ0) is 14.7. The molecular formula is C14H13N3OS2. The Kier molecular flexibility index (Phi) is 4.32. The summed E-state index contributed by atoms with van der Waals surface area (Å²) < 4.78 is 0.763. The summed E-state index contributed by atoms with van der Waals surface area (Å²) in [5.41, 5.74) is 8.35. The van der Waals surface area contributed by atoms with Crippen LogP contribution in [0.25, 0.3) is 0 Å². The van der Waals surface area contributed by atoms with E-state index < -0.39 is 0 Å². The van der Waals surface area contributed by atoms with Crippen LogP contribution in [0.5, 0.6) is 0 Å². The van der Waals surface area contributed by atoms with Crippen LogP contribution < -0.4 is 11.1 Å². The van der Waals surface area contributed by atoms with Crippen LogP contribution in [0.4, 0.5) is 11.4 Å². The number of aryl methyl sites for hydroxylation is 1. The molecule has 0 atom stereocenters. The third-order valence-corrected chi connectivity index (χ3v) is 5.05. The Morgan fingerprint density at radius 3 is 2.55 bits per heavy atom. The number of benzene rings is 1. The number of amides is 1. The van der Waals surface area contributed by atoms with Crippen molar-refractivity contribution in [2.75, 3.05) is 17.3 Å². The highest BCUT2D eigenvalue weighted by molar-refractivity contribution is 8.00. The largest absolute Gasteiger partial charge is 0.396 e. The number of hydrogen-bond acceptors (Lipinski definition) is 5. The van der Waals surface area contributed by atoms with Crippen molar-refractivity contribution < 1.29 is 4.79 Å². The summed E-state index contributed by atoms with van der Waals surface area (Å²) in [5, 5.41) is 11.9. The van der Waals surface area contributed by atoms with Crippen molar-refractivity contribution in [3.8, 4) is 6.07 Å². The van der Waals surface area contributed by atoms with Crippen LogP contribution in [-0.2, 0) is 0 Å². The first-order valence-electron chi connectivity index (χ1n) is 5.81. The van der Waals surface area contributed by atoms with Crippen molar-refractivity contribution in [2.45, 2.75) is 11.1 Å². The molecule has 0 aliphatic carbocycles. The third-order valence-electron chi connectivity index (χ3n) is 2.73. The summed E-state index contributed by atoms with van der Waals surface area (Å²) in [6, 6.07) is 9.54. The van der Waals surface area contributed by atoms with E-state index in [4.69, 9.17) is 11.0 Å². The molecule has 4 nitrogen and oxygen atoms in total. The van der Waals surface area contributed by atoms with Crippen molar-refractivity contribution in [1.82, 2.24) is 0 Å². The van der Waals surface area contributed by atoms with Crippen LogP contribution in [0.3, 0.4) is 0 Å². The number of nitrogen functional groups attached to an aromatic ring is 1. The Hall–Kier alpha value is -1.97. The second kappa shape index (κ2) is 5.99. The predicted molar refractivity (Wildman–Crippen MR) is 84.4 cm³/mol. The molecular weight excluding hydrogens is 290 g/mol. The lowest BCUT2D eigenvalue weighted by atomic mass is 10.2. The number of hydrogen-bond donors (Lipinski definition) is 2. The summed E-state index contributed by atoms with van der Waals surface area (Å²) in [6.45, 7) is 1.98. The van der Waals surface area contributed by atoms with Crippen LogP contribution >= 0.6 is 23.1 Å². The number of thioether (sulfide) groups is 1. The summed E-state index contributed by atoms with van der Waals surface area (Å²) in [4.78, 5) is 12.6. The van der Waals surface area contributed by atoms with Crippen LogP contribution in [0.2, 0.25) is 0 Å². The minimum Gasteiger partial charge on any atom is -0.396 e. The highest BCUT2D eigenvalue weighted by atomic mass is 32.2. The normalized spacial score (nSPS) is 10.1. The molecule has 0 saturated carbocycles. The molecule has 0 aliphatic rings. The first-order chi connectivity index (χ1) is 9.56. The molecule has 1 heterocycles.